The molecule has 0 saturated heterocycles. The summed E-state index contributed by atoms with van der Waals surface area (Å²) in [6, 6.07) is 7.41. The van der Waals surface area contributed by atoms with Crippen LogP contribution in [0, 0.1) is 6.92 Å². The predicted octanol–water partition coefficient (Wildman–Crippen LogP) is 3.82. The van der Waals surface area contributed by atoms with Gasteiger partial charge in [-0.15, -0.1) is 0 Å². The van der Waals surface area contributed by atoms with E-state index >= 15 is 0 Å². The third-order valence-corrected chi connectivity index (χ3v) is 4.33. The summed E-state index contributed by atoms with van der Waals surface area (Å²) in [6.45, 7) is 0.338. The van der Waals surface area contributed by atoms with Crippen molar-refractivity contribution in [1.82, 2.24) is 14.5 Å². The van der Waals surface area contributed by atoms with Crippen molar-refractivity contribution < 1.29 is 18.0 Å². The van der Waals surface area contributed by atoms with Crippen LogP contribution in [0.3, 0.4) is 0 Å². The maximum atomic E-state index is 13.4. The number of benzene rings is 1. The minimum absolute atomic E-state index is 0.0111. The zero-order valence-electron chi connectivity index (χ0n) is 14.6. The Bertz CT molecular complexity index is 1060. The highest BCUT2D eigenvalue weighted by Crippen LogP contribution is 2.37. The number of carbonyl (C=O) groups excluding carboxylic acids is 1. The van der Waals surface area contributed by atoms with Crippen LogP contribution in [0.2, 0.25) is 5.02 Å². The fraction of sp³-hybridized carbons (Fsp3) is 0.167. The van der Waals surface area contributed by atoms with Gasteiger partial charge in [-0.05, 0) is 36.8 Å². The SMILES string of the molecule is Cc1ccc(Cl)cc1-c1c(C(N)=O)cc(-c2ccnc(N)n2)n1CC(F)(F)F. The molecule has 0 atom stereocenters. The molecule has 1 amide bonds. The van der Waals surface area contributed by atoms with Crippen LogP contribution >= 0.6 is 11.6 Å². The first-order valence-corrected chi connectivity index (χ1v) is 8.40. The van der Waals surface area contributed by atoms with Crippen molar-refractivity contribution in [2.24, 2.45) is 5.73 Å². The lowest BCUT2D eigenvalue weighted by molar-refractivity contribution is -0.140. The number of aromatic nitrogens is 3. The van der Waals surface area contributed by atoms with E-state index in [9.17, 15) is 18.0 Å². The van der Waals surface area contributed by atoms with Crippen molar-refractivity contribution in [3.8, 4) is 22.6 Å². The molecule has 0 bridgehead atoms. The van der Waals surface area contributed by atoms with Crippen LogP contribution < -0.4 is 11.5 Å². The molecule has 3 aromatic rings. The number of nitrogens with zero attached hydrogens (tertiary/aromatic N) is 3. The fourth-order valence-electron chi connectivity index (χ4n) is 2.95. The van der Waals surface area contributed by atoms with Crippen molar-refractivity contribution in [2.45, 2.75) is 19.6 Å². The summed E-state index contributed by atoms with van der Waals surface area (Å²) < 4.78 is 41.1. The molecule has 0 aliphatic carbocycles. The van der Waals surface area contributed by atoms with E-state index in [-0.39, 0.29) is 28.6 Å². The summed E-state index contributed by atoms with van der Waals surface area (Å²) in [7, 11) is 0. The Balaban J connectivity index is 2.39. The molecular weight excluding hydrogens is 395 g/mol. The maximum absolute atomic E-state index is 13.4. The lowest BCUT2D eigenvalue weighted by atomic mass is 10.0. The molecule has 2 aromatic heterocycles. The number of amides is 1. The first-order chi connectivity index (χ1) is 13.1. The molecule has 0 unspecified atom stereocenters. The van der Waals surface area contributed by atoms with Gasteiger partial charge >= 0.3 is 6.18 Å². The van der Waals surface area contributed by atoms with Crippen LogP contribution in [0.25, 0.3) is 22.6 Å². The van der Waals surface area contributed by atoms with E-state index in [2.05, 4.69) is 9.97 Å². The van der Waals surface area contributed by atoms with Crippen LogP contribution in [0.4, 0.5) is 19.1 Å². The highest BCUT2D eigenvalue weighted by Gasteiger charge is 2.33. The summed E-state index contributed by atoms with van der Waals surface area (Å²) in [4.78, 5) is 19.8. The summed E-state index contributed by atoms with van der Waals surface area (Å²) in [5, 5.41) is 0.309. The topological polar surface area (TPSA) is 99.8 Å². The van der Waals surface area contributed by atoms with Gasteiger partial charge in [0.25, 0.3) is 5.91 Å². The predicted molar refractivity (Wildman–Crippen MR) is 99.6 cm³/mol. The molecule has 0 saturated carbocycles. The third kappa shape index (κ3) is 3.94. The maximum Gasteiger partial charge on any atom is 0.406 e. The number of anilines is 1. The first kappa shape index (κ1) is 19.7. The normalized spacial score (nSPS) is 11.6. The molecule has 3 rings (SSSR count). The number of nitrogen functional groups attached to an aromatic ring is 1. The molecule has 0 aliphatic rings. The van der Waals surface area contributed by atoms with Gasteiger partial charge in [0.15, 0.2) is 0 Å². The highest BCUT2D eigenvalue weighted by molar-refractivity contribution is 6.31. The van der Waals surface area contributed by atoms with E-state index in [1.165, 1.54) is 24.4 Å². The van der Waals surface area contributed by atoms with Gasteiger partial charge in [-0.2, -0.15) is 13.2 Å². The Morgan fingerprint density at radius 3 is 2.57 bits per heavy atom. The number of carbonyl (C=O) groups is 1. The van der Waals surface area contributed by atoms with Gasteiger partial charge < -0.3 is 16.0 Å². The van der Waals surface area contributed by atoms with Crippen LogP contribution in [0.5, 0.6) is 0 Å². The molecule has 6 nitrogen and oxygen atoms in total. The average molecular weight is 410 g/mol. The molecule has 4 N–H and O–H groups in total. The van der Waals surface area contributed by atoms with Crippen LogP contribution in [-0.4, -0.2) is 26.6 Å². The summed E-state index contributed by atoms with van der Waals surface area (Å²) in [5.41, 5.74) is 12.1. The molecule has 0 fully saturated rings. The lowest BCUT2D eigenvalue weighted by Crippen LogP contribution is -2.20. The van der Waals surface area contributed by atoms with E-state index in [1.807, 2.05) is 0 Å². The van der Waals surface area contributed by atoms with Gasteiger partial charge in [-0.25, -0.2) is 9.97 Å². The largest absolute Gasteiger partial charge is 0.406 e. The van der Waals surface area contributed by atoms with Gasteiger partial charge in [-0.3, -0.25) is 4.79 Å². The molecule has 0 spiro atoms. The molecule has 0 aliphatic heterocycles. The number of rotatable bonds is 4. The van der Waals surface area contributed by atoms with Crippen molar-refractivity contribution in [2.75, 3.05) is 5.73 Å². The molecular formula is C18H15ClF3N5O. The van der Waals surface area contributed by atoms with Crippen molar-refractivity contribution in [1.29, 1.82) is 0 Å². The minimum Gasteiger partial charge on any atom is -0.368 e. The van der Waals surface area contributed by atoms with E-state index in [4.69, 9.17) is 23.1 Å². The Morgan fingerprint density at radius 1 is 1.25 bits per heavy atom. The Morgan fingerprint density at radius 2 is 1.96 bits per heavy atom. The second kappa shape index (κ2) is 7.16. The molecule has 2 heterocycles. The summed E-state index contributed by atoms with van der Waals surface area (Å²) in [5.74, 6) is -0.989. The van der Waals surface area contributed by atoms with Crippen LogP contribution in [-0.2, 0) is 6.54 Å². The van der Waals surface area contributed by atoms with Gasteiger partial charge in [0.1, 0.15) is 6.54 Å². The zero-order chi connectivity index (χ0) is 20.6. The van der Waals surface area contributed by atoms with E-state index < -0.39 is 18.6 Å². The van der Waals surface area contributed by atoms with Crippen LogP contribution in [0.1, 0.15) is 15.9 Å². The number of nitrogens with two attached hydrogens (primary N) is 2. The van der Waals surface area contributed by atoms with Gasteiger partial charge in [0.05, 0.1) is 22.6 Å². The summed E-state index contributed by atoms with van der Waals surface area (Å²) >= 11 is 6.04. The Hall–Kier alpha value is -3.07. The number of primary amides is 1. The quantitative estimate of drug-likeness (QED) is 0.684. The Labute approximate surface area is 163 Å². The van der Waals surface area contributed by atoms with Gasteiger partial charge in [-0.1, -0.05) is 17.7 Å². The zero-order valence-corrected chi connectivity index (χ0v) is 15.3. The van der Waals surface area contributed by atoms with Crippen molar-refractivity contribution >= 4 is 23.5 Å². The summed E-state index contributed by atoms with van der Waals surface area (Å²) in [6.07, 6.45) is -3.25. The monoisotopic (exact) mass is 409 g/mol. The third-order valence-electron chi connectivity index (χ3n) is 4.09. The minimum atomic E-state index is -4.57. The highest BCUT2D eigenvalue weighted by atomic mass is 35.5. The number of halogens is 4. The number of aryl methyl sites for hydroxylation is 1. The standard InChI is InChI=1S/C18H15ClF3N5O/c1-9-2-3-10(19)6-11(9)15-12(16(23)28)7-14(27(15)8-18(20,21)22)13-4-5-25-17(24)26-13/h2-7H,8H2,1H3,(H2,23,28)(H2,24,25,26). The number of alkyl halides is 3. The molecule has 28 heavy (non-hydrogen) atoms. The van der Waals surface area contributed by atoms with Gasteiger partial charge in [0, 0.05) is 16.8 Å². The average Bonchev–Trinajstić information content (AvgIpc) is 2.94. The molecule has 0 radical (unpaired) electrons. The van der Waals surface area contributed by atoms with E-state index in [0.29, 0.717) is 16.1 Å². The van der Waals surface area contributed by atoms with Gasteiger partial charge in [0.2, 0.25) is 5.95 Å². The van der Waals surface area contributed by atoms with E-state index in [1.54, 1.807) is 19.1 Å². The smallest absolute Gasteiger partial charge is 0.368 e. The molecule has 1 aromatic carbocycles. The fourth-order valence-corrected chi connectivity index (χ4v) is 3.12. The van der Waals surface area contributed by atoms with E-state index in [0.717, 1.165) is 4.57 Å². The van der Waals surface area contributed by atoms with Crippen LogP contribution in [0.15, 0.2) is 36.5 Å². The molecule has 10 heteroatoms. The second-order valence-electron chi connectivity index (χ2n) is 6.12. The number of hydrogen-bond acceptors (Lipinski definition) is 4. The first-order valence-electron chi connectivity index (χ1n) is 8.02. The number of hydrogen-bond donors (Lipinski definition) is 2. The second-order valence-corrected chi connectivity index (χ2v) is 6.55. The Kier molecular flexibility index (Phi) is 5.03. The van der Waals surface area contributed by atoms with Crippen molar-refractivity contribution in [3.05, 3.63) is 52.7 Å². The lowest BCUT2D eigenvalue weighted by Gasteiger charge is -2.17. The molecule has 146 valence electrons. The van der Waals surface area contributed by atoms with Crippen molar-refractivity contribution in [3.63, 3.8) is 0 Å².